The van der Waals surface area contributed by atoms with Gasteiger partial charge >= 0.3 is 5.97 Å². The van der Waals surface area contributed by atoms with E-state index in [0.717, 1.165) is 0 Å². The Morgan fingerprint density at radius 2 is 1.94 bits per heavy atom. The lowest BCUT2D eigenvalue weighted by Crippen LogP contribution is -2.21. The monoisotopic (exact) mass is 301 g/mol. The van der Waals surface area contributed by atoms with Gasteiger partial charge in [0.2, 0.25) is 5.90 Å². The van der Waals surface area contributed by atoms with Gasteiger partial charge in [0.25, 0.3) is 3.79 Å². The zero-order chi connectivity index (χ0) is 13.3. The topological polar surface area (TPSA) is 59.4 Å². The lowest BCUT2D eigenvalue weighted by atomic mass is 10.3. The summed E-state index contributed by atoms with van der Waals surface area (Å²) in [5.41, 5.74) is 0. The summed E-state index contributed by atoms with van der Waals surface area (Å²) >= 11 is 16.2. The lowest BCUT2D eigenvalue weighted by molar-refractivity contribution is -0.143. The van der Waals surface area contributed by atoms with Gasteiger partial charge in [0, 0.05) is 6.42 Å². The van der Waals surface area contributed by atoms with Crippen molar-refractivity contribution in [3.8, 4) is 0 Å². The van der Waals surface area contributed by atoms with Crippen LogP contribution in [0.2, 0.25) is 0 Å². The molecule has 0 aromatic heterocycles. The number of carbonyl (C=O) groups excluding carboxylic acids is 1. The molecule has 0 unspecified atom stereocenters. The molecule has 7 heteroatoms. The number of ether oxygens (including phenoxy) is 2. The van der Waals surface area contributed by atoms with Gasteiger partial charge in [0.15, 0.2) is 0 Å². The van der Waals surface area contributed by atoms with Gasteiger partial charge in [-0.2, -0.15) is 0 Å². The zero-order valence-electron chi connectivity index (χ0n) is 9.34. The van der Waals surface area contributed by atoms with Crippen LogP contribution in [-0.2, 0) is 14.3 Å². The van der Waals surface area contributed by atoms with E-state index in [1.165, 1.54) is 0 Å². The average molecular weight is 303 g/mol. The van der Waals surface area contributed by atoms with E-state index in [1.54, 1.807) is 19.1 Å². The van der Waals surface area contributed by atoms with Crippen LogP contribution < -0.4 is 0 Å². The fourth-order valence-electron chi connectivity index (χ4n) is 0.834. The SMILES string of the molecule is CCOC(=O)CC/C=C\COC(=N)C(Cl)(Cl)Cl. The molecule has 0 aromatic rings. The summed E-state index contributed by atoms with van der Waals surface area (Å²) in [5, 5.41) is 7.22. The van der Waals surface area contributed by atoms with Crippen LogP contribution in [0.1, 0.15) is 19.8 Å². The maximum absolute atomic E-state index is 10.9. The van der Waals surface area contributed by atoms with Crippen molar-refractivity contribution in [2.45, 2.75) is 23.6 Å². The molecule has 0 aliphatic carbocycles. The number of rotatable bonds is 6. The fourth-order valence-corrected chi connectivity index (χ4v) is 0.997. The van der Waals surface area contributed by atoms with Crippen LogP contribution >= 0.6 is 34.8 Å². The molecule has 98 valence electrons. The van der Waals surface area contributed by atoms with E-state index in [9.17, 15) is 4.79 Å². The summed E-state index contributed by atoms with van der Waals surface area (Å²) in [4.78, 5) is 10.9. The smallest absolute Gasteiger partial charge is 0.306 e. The van der Waals surface area contributed by atoms with E-state index in [0.29, 0.717) is 19.4 Å². The number of carbonyl (C=O) groups is 1. The minimum absolute atomic E-state index is 0.121. The van der Waals surface area contributed by atoms with Crippen molar-refractivity contribution in [1.29, 1.82) is 5.41 Å². The Morgan fingerprint density at radius 3 is 2.47 bits per heavy atom. The first-order chi connectivity index (χ1) is 7.88. The third-order valence-corrected chi connectivity index (χ3v) is 2.08. The fraction of sp³-hybridized carbons (Fsp3) is 0.600. The van der Waals surface area contributed by atoms with Crippen molar-refractivity contribution in [3.63, 3.8) is 0 Å². The van der Waals surface area contributed by atoms with Gasteiger partial charge in [-0.25, -0.2) is 0 Å². The van der Waals surface area contributed by atoms with Crippen molar-refractivity contribution in [3.05, 3.63) is 12.2 Å². The van der Waals surface area contributed by atoms with Gasteiger partial charge in [-0.15, -0.1) is 0 Å². The van der Waals surface area contributed by atoms with Gasteiger partial charge in [0.05, 0.1) is 6.61 Å². The predicted molar refractivity (Wildman–Crippen MR) is 69.0 cm³/mol. The van der Waals surface area contributed by atoms with Crippen LogP contribution in [0, 0.1) is 5.41 Å². The molecule has 0 saturated heterocycles. The molecule has 0 saturated carbocycles. The normalized spacial score (nSPS) is 11.5. The van der Waals surface area contributed by atoms with Gasteiger partial charge in [-0.05, 0) is 13.3 Å². The highest BCUT2D eigenvalue weighted by Gasteiger charge is 2.28. The summed E-state index contributed by atoms with van der Waals surface area (Å²) in [6, 6.07) is 0. The second-order valence-electron chi connectivity index (χ2n) is 2.95. The van der Waals surface area contributed by atoms with Gasteiger partial charge in [0.1, 0.15) is 6.61 Å². The third kappa shape index (κ3) is 9.27. The highest BCUT2D eigenvalue weighted by molar-refractivity contribution is 6.76. The van der Waals surface area contributed by atoms with E-state index in [4.69, 9.17) is 49.7 Å². The predicted octanol–water partition coefficient (Wildman–Crippen LogP) is 3.25. The Hall–Kier alpha value is -0.450. The Morgan fingerprint density at radius 1 is 1.29 bits per heavy atom. The molecule has 0 bridgehead atoms. The van der Waals surface area contributed by atoms with Crippen LogP contribution in [0.15, 0.2) is 12.2 Å². The molecule has 0 aromatic carbocycles. The highest BCUT2D eigenvalue weighted by atomic mass is 35.6. The van der Waals surface area contributed by atoms with Crippen LogP contribution in [0.25, 0.3) is 0 Å². The summed E-state index contributed by atoms with van der Waals surface area (Å²) in [6.45, 7) is 2.26. The van der Waals surface area contributed by atoms with E-state index in [-0.39, 0.29) is 12.6 Å². The van der Waals surface area contributed by atoms with Crippen molar-refractivity contribution in [2.75, 3.05) is 13.2 Å². The summed E-state index contributed by atoms with van der Waals surface area (Å²) in [7, 11) is 0. The molecule has 0 aliphatic heterocycles. The Labute approximate surface area is 115 Å². The maximum Gasteiger partial charge on any atom is 0.306 e. The quantitative estimate of drug-likeness (QED) is 0.269. The Bertz CT molecular complexity index is 287. The third-order valence-electron chi connectivity index (χ3n) is 1.57. The van der Waals surface area contributed by atoms with Crippen molar-refractivity contribution in [2.24, 2.45) is 0 Å². The highest BCUT2D eigenvalue weighted by Crippen LogP contribution is 2.27. The zero-order valence-corrected chi connectivity index (χ0v) is 11.6. The number of hydrogen-bond acceptors (Lipinski definition) is 4. The summed E-state index contributed by atoms with van der Waals surface area (Å²) in [6.07, 6.45) is 4.24. The van der Waals surface area contributed by atoms with Crippen molar-refractivity contribution >= 4 is 46.7 Å². The molecule has 0 heterocycles. The molecule has 0 amide bonds. The number of alkyl halides is 3. The molecule has 1 N–H and O–H groups in total. The van der Waals surface area contributed by atoms with Gasteiger partial charge < -0.3 is 9.47 Å². The first-order valence-electron chi connectivity index (χ1n) is 4.97. The van der Waals surface area contributed by atoms with E-state index in [1.807, 2.05) is 0 Å². The molecular formula is C10H14Cl3NO3. The van der Waals surface area contributed by atoms with E-state index < -0.39 is 9.69 Å². The Kier molecular flexibility index (Phi) is 8.39. The molecule has 4 nitrogen and oxygen atoms in total. The van der Waals surface area contributed by atoms with Gasteiger partial charge in [-0.1, -0.05) is 47.0 Å². The lowest BCUT2D eigenvalue weighted by Gasteiger charge is -2.11. The second kappa shape index (κ2) is 8.61. The minimum atomic E-state index is -1.83. The van der Waals surface area contributed by atoms with E-state index >= 15 is 0 Å². The second-order valence-corrected chi connectivity index (χ2v) is 5.23. The summed E-state index contributed by atoms with van der Waals surface area (Å²) < 4.78 is 7.75. The molecular weight excluding hydrogens is 288 g/mol. The Balaban J connectivity index is 3.63. The number of allylic oxidation sites excluding steroid dienone is 1. The van der Waals surface area contributed by atoms with Crippen molar-refractivity contribution < 1.29 is 14.3 Å². The number of nitrogens with one attached hydrogen (secondary N) is 1. The molecule has 0 fully saturated rings. The summed E-state index contributed by atoms with van der Waals surface area (Å²) in [5.74, 6) is -0.676. The van der Waals surface area contributed by atoms with Crippen LogP contribution in [0.5, 0.6) is 0 Å². The van der Waals surface area contributed by atoms with Crippen LogP contribution in [0.4, 0.5) is 0 Å². The largest absolute Gasteiger partial charge is 0.474 e. The standard InChI is InChI=1S/C10H14Cl3NO3/c1-2-16-8(15)6-4-3-5-7-17-9(14)10(11,12)13/h3,5,14H,2,4,6-7H2,1H3/b5-3-,14-9?. The van der Waals surface area contributed by atoms with E-state index in [2.05, 4.69) is 0 Å². The van der Waals surface area contributed by atoms with Crippen molar-refractivity contribution in [1.82, 2.24) is 0 Å². The first kappa shape index (κ1) is 16.6. The maximum atomic E-state index is 10.9. The first-order valence-corrected chi connectivity index (χ1v) is 6.10. The van der Waals surface area contributed by atoms with Gasteiger partial charge in [-0.3, -0.25) is 10.2 Å². The molecule has 0 rings (SSSR count). The molecule has 0 atom stereocenters. The molecule has 0 aliphatic rings. The molecule has 17 heavy (non-hydrogen) atoms. The number of halogens is 3. The number of hydrogen-bond donors (Lipinski definition) is 1. The minimum Gasteiger partial charge on any atom is -0.474 e. The molecule has 0 radical (unpaired) electrons. The molecule has 0 spiro atoms. The van der Waals surface area contributed by atoms with Crippen LogP contribution in [-0.4, -0.2) is 28.9 Å². The average Bonchev–Trinajstić information content (AvgIpc) is 2.21. The number of esters is 1. The van der Waals surface area contributed by atoms with Crippen LogP contribution in [0.3, 0.4) is 0 Å².